The number of rotatable bonds is 0. The Hall–Kier alpha value is -1.68. The number of fused-ring (bicyclic) bond motifs is 1. The van der Waals surface area contributed by atoms with Crippen molar-refractivity contribution < 1.29 is 9.90 Å². The van der Waals surface area contributed by atoms with Gasteiger partial charge >= 0.3 is 0 Å². The number of para-hydroxylation sites is 1. The normalized spacial score (nSPS) is 20.4. The first-order valence-corrected chi connectivity index (χ1v) is 3.88. The molecule has 0 bridgehead atoms. The van der Waals surface area contributed by atoms with E-state index < -0.39 is 12.1 Å². The van der Waals surface area contributed by atoms with E-state index in [9.17, 15) is 4.79 Å². The zero-order chi connectivity index (χ0) is 9.26. The molecule has 13 heavy (non-hydrogen) atoms. The van der Waals surface area contributed by atoms with Crippen molar-refractivity contribution in [2.45, 2.75) is 6.23 Å². The van der Waals surface area contributed by atoms with E-state index in [0.717, 1.165) is 5.56 Å². The molecule has 0 saturated heterocycles. The monoisotopic (exact) mass is 176 g/mol. The van der Waals surface area contributed by atoms with Gasteiger partial charge in [-0.15, -0.1) is 0 Å². The Bertz CT molecular complexity index is 374. The van der Waals surface area contributed by atoms with Crippen molar-refractivity contribution in [3.63, 3.8) is 0 Å². The van der Waals surface area contributed by atoms with E-state index in [4.69, 9.17) is 5.11 Å². The lowest BCUT2D eigenvalue weighted by atomic mass is 10.2. The Morgan fingerprint density at radius 2 is 2.15 bits per heavy atom. The molecule has 1 amide bonds. The Labute approximate surface area is 74.9 Å². The van der Waals surface area contributed by atoms with Gasteiger partial charge in [0.05, 0.1) is 0 Å². The molecule has 1 aromatic carbocycles. The SMILES string of the molecule is O=C1Nc2ccccc2C=NC1O. The Morgan fingerprint density at radius 1 is 1.38 bits per heavy atom. The molecule has 1 aliphatic heterocycles. The highest BCUT2D eigenvalue weighted by atomic mass is 16.3. The minimum Gasteiger partial charge on any atom is -0.364 e. The van der Waals surface area contributed by atoms with Gasteiger partial charge in [-0.1, -0.05) is 18.2 Å². The third-order valence-corrected chi connectivity index (χ3v) is 1.81. The number of aliphatic hydroxyl groups is 1. The fourth-order valence-corrected chi connectivity index (χ4v) is 1.14. The molecule has 0 fully saturated rings. The Morgan fingerprint density at radius 3 is 3.00 bits per heavy atom. The molecule has 4 nitrogen and oxygen atoms in total. The summed E-state index contributed by atoms with van der Waals surface area (Å²) in [5, 5.41) is 11.7. The van der Waals surface area contributed by atoms with Crippen LogP contribution in [0.1, 0.15) is 5.56 Å². The quantitative estimate of drug-likeness (QED) is 0.600. The lowest BCUT2D eigenvalue weighted by Gasteiger charge is -2.04. The van der Waals surface area contributed by atoms with Crippen molar-refractivity contribution in [1.29, 1.82) is 0 Å². The Kier molecular flexibility index (Phi) is 1.83. The molecule has 2 N–H and O–H groups in total. The van der Waals surface area contributed by atoms with Gasteiger partial charge in [-0.3, -0.25) is 9.79 Å². The maximum absolute atomic E-state index is 11.1. The maximum Gasteiger partial charge on any atom is 0.276 e. The molecule has 0 aromatic heterocycles. The predicted molar refractivity (Wildman–Crippen MR) is 48.7 cm³/mol. The smallest absolute Gasteiger partial charge is 0.276 e. The fourth-order valence-electron chi connectivity index (χ4n) is 1.14. The van der Waals surface area contributed by atoms with E-state index in [1.54, 1.807) is 6.07 Å². The van der Waals surface area contributed by atoms with Gasteiger partial charge in [-0.25, -0.2) is 0 Å². The molecule has 1 aromatic rings. The van der Waals surface area contributed by atoms with Crippen molar-refractivity contribution in [2.75, 3.05) is 5.32 Å². The summed E-state index contributed by atoms with van der Waals surface area (Å²) in [6.45, 7) is 0. The molecule has 1 heterocycles. The van der Waals surface area contributed by atoms with E-state index in [2.05, 4.69) is 10.3 Å². The standard InChI is InChI=1S/C9H8N2O2/c12-8-9(13)11-7-4-2-1-3-6(7)5-10-8/h1-5,8,12H,(H,11,13). The number of benzene rings is 1. The first-order chi connectivity index (χ1) is 6.27. The second-order valence-electron chi connectivity index (χ2n) is 2.73. The topological polar surface area (TPSA) is 61.7 Å². The summed E-state index contributed by atoms with van der Waals surface area (Å²) in [4.78, 5) is 14.8. The number of aliphatic imine (C=N–C) groups is 1. The molecular weight excluding hydrogens is 168 g/mol. The van der Waals surface area contributed by atoms with Crippen molar-refractivity contribution in [3.05, 3.63) is 29.8 Å². The van der Waals surface area contributed by atoms with Gasteiger partial charge in [0.15, 0.2) is 0 Å². The second-order valence-corrected chi connectivity index (χ2v) is 2.73. The summed E-state index contributed by atoms with van der Waals surface area (Å²) in [5.41, 5.74) is 1.47. The van der Waals surface area contributed by atoms with Crippen LogP contribution in [0.4, 0.5) is 5.69 Å². The molecule has 0 aliphatic carbocycles. The first kappa shape index (κ1) is 7.94. The van der Waals surface area contributed by atoms with Gasteiger partial charge in [-0.2, -0.15) is 0 Å². The van der Waals surface area contributed by atoms with Gasteiger partial charge in [0.1, 0.15) is 0 Å². The van der Waals surface area contributed by atoms with Crippen LogP contribution in [0.25, 0.3) is 0 Å². The third kappa shape index (κ3) is 1.43. The highest BCUT2D eigenvalue weighted by molar-refractivity contribution is 6.02. The van der Waals surface area contributed by atoms with Crippen LogP contribution in [-0.4, -0.2) is 23.5 Å². The maximum atomic E-state index is 11.1. The number of benzodiazepines with no additional fused rings is 1. The molecule has 0 radical (unpaired) electrons. The first-order valence-electron chi connectivity index (χ1n) is 3.88. The van der Waals surface area contributed by atoms with Crippen LogP contribution in [-0.2, 0) is 4.79 Å². The van der Waals surface area contributed by atoms with Crippen LogP contribution in [0.2, 0.25) is 0 Å². The van der Waals surface area contributed by atoms with Crippen molar-refractivity contribution in [1.82, 2.24) is 0 Å². The van der Waals surface area contributed by atoms with E-state index in [0.29, 0.717) is 5.69 Å². The fraction of sp³-hybridized carbons (Fsp3) is 0.111. The highest BCUT2D eigenvalue weighted by Crippen LogP contribution is 2.15. The van der Waals surface area contributed by atoms with Crippen LogP contribution in [0.15, 0.2) is 29.3 Å². The number of amides is 1. The summed E-state index contributed by atoms with van der Waals surface area (Å²) >= 11 is 0. The number of hydrogen-bond acceptors (Lipinski definition) is 3. The lowest BCUT2D eigenvalue weighted by Crippen LogP contribution is -2.24. The number of aliphatic hydroxyl groups excluding tert-OH is 1. The number of nitrogens with zero attached hydrogens (tertiary/aromatic N) is 1. The zero-order valence-corrected chi connectivity index (χ0v) is 6.77. The zero-order valence-electron chi connectivity index (χ0n) is 6.77. The number of hydrogen-bond donors (Lipinski definition) is 2. The van der Waals surface area contributed by atoms with Crippen molar-refractivity contribution in [2.24, 2.45) is 4.99 Å². The molecule has 66 valence electrons. The van der Waals surface area contributed by atoms with E-state index in [1.807, 2.05) is 18.2 Å². The van der Waals surface area contributed by atoms with E-state index >= 15 is 0 Å². The molecule has 1 aliphatic rings. The lowest BCUT2D eigenvalue weighted by molar-refractivity contribution is -0.123. The summed E-state index contributed by atoms with van der Waals surface area (Å²) in [6, 6.07) is 7.23. The number of carbonyl (C=O) groups is 1. The van der Waals surface area contributed by atoms with Gasteiger partial charge < -0.3 is 10.4 Å². The largest absolute Gasteiger partial charge is 0.364 e. The number of carbonyl (C=O) groups excluding carboxylic acids is 1. The summed E-state index contributed by atoms with van der Waals surface area (Å²) in [5.74, 6) is -0.499. The number of anilines is 1. The van der Waals surface area contributed by atoms with Gasteiger partial charge in [0, 0.05) is 17.5 Å². The van der Waals surface area contributed by atoms with Crippen molar-refractivity contribution >= 4 is 17.8 Å². The van der Waals surface area contributed by atoms with Crippen LogP contribution in [0, 0.1) is 0 Å². The summed E-state index contributed by atoms with van der Waals surface area (Å²) in [7, 11) is 0. The number of nitrogens with one attached hydrogen (secondary N) is 1. The third-order valence-electron chi connectivity index (χ3n) is 1.81. The van der Waals surface area contributed by atoms with Gasteiger partial charge in [0.2, 0.25) is 6.23 Å². The average molecular weight is 176 g/mol. The highest BCUT2D eigenvalue weighted by Gasteiger charge is 2.16. The molecule has 1 atom stereocenters. The summed E-state index contributed by atoms with van der Waals surface area (Å²) in [6.07, 6.45) is 0.185. The van der Waals surface area contributed by atoms with Gasteiger partial charge in [-0.05, 0) is 6.07 Å². The van der Waals surface area contributed by atoms with Gasteiger partial charge in [0.25, 0.3) is 5.91 Å². The van der Waals surface area contributed by atoms with Crippen LogP contribution >= 0.6 is 0 Å². The molecular formula is C9H8N2O2. The molecule has 0 saturated carbocycles. The molecule has 2 rings (SSSR count). The second kappa shape index (κ2) is 2.99. The molecule has 4 heteroatoms. The molecule has 0 spiro atoms. The van der Waals surface area contributed by atoms with Crippen LogP contribution in [0.5, 0.6) is 0 Å². The van der Waals surface area contributed by atoms with E-state index in [1.165, 1.54) is 6.21 Å². The predicted octanol–water partition coefficient (Wildman–Crippen LogP) is 0.376. The minimum atomic E-state index is -1.30. The Balaban J connectivity index is 2.46. The minimum absolute atomic E-state index is 0.499. The van der Waals surface area contributed by atoms with Crippen LogP contribution < -0.4 is 5.32 Å². The van der Waals surface area contributed by atoms with Crippen molar-refractivity contribution in [3.8, 4) is 0 Å². The van der Waals surface area contributed by atoms with E-state index in [-0.39, 0.29) is 0 Å². The van der Waals surface area contributed by atoms with Crippen LogP contribution in [0.3, 0.4) is 0 Å². The average Bonchev–Trinajstić information content (AvgIpc) is 2.28. The summed E-state index contributed by atoms with van der Waals surface area (Å²) < 4.78 is 0. The molecule has 1 unspecified atom stereocenters.